The van der Waals surface area contributed by atoms with Gasteiger partial charge in [0.05, 0.1) is 22.3 Å². The Morgan fingerprint density at radius 3 is 2.42 bits per heavy atom. The van der Waals surface area contributed by atoms with Crippen LogP contribution in [0.2, 0.25) is 0 Å². The predicted molar refractivity (Wildman–Crippen MR) is 94.1 cm³/mol. The molecule has 1 heterocycles. The first-order chi connectivity index (χ1) is 12.1. The van der Waals surface area contributed by atoms with Crippen LogP contribution in [-0.2, 0) is 16.2 Å². The lowest BCUT2D eigenvalue weighted by Gasteiger charge is -2.32. The minimum atomic E-state index is -4.84. The second kappa shape index (κ2) is 6.76. The smallest absolute Gasteiger partial charge is 0.368 e. The zero-order valence-corrected chi connectivity index (χ0v) is 15.2. The number of fused-ring (bicyclic) bond motifs is 1. The van der Waals surface area contributed by atoms with E-state index in [0.717, 1.165) is 29.6 Å². The van der Waals surface area contributed by atoms with Crippen LogP contribution in [0.1, 0.15) is 24.0 Å². The maximum atomic E-state index is 13.3. The molecule has 0 aliphatic carbocycles. The van der Waals surface area contributed by atoms with Crippen LogP contribution in [0.25, 0.3) is 0 Å². The third-order valence-electron chi connectivity index (χ3n) is 4.13. The van der Waals surface area contributed by atoms with Gasteiger partial charge in [-0.2, -0.15) is 13.2 Å². The van der Waals surface area contributed by atoms with Crippen molar-refractivity contribution in [1.29, 1.82) is 0 Å². The van der Waals surface area contributed by atoms with E-state index < -0.39 is 26.7 Å². The molecule has 0 spiro atoms. The highest BCUT2D eigenvalue weighted by atomic mass is 32.2. The summed E-state index contributed by atoms with van der Waals surface area (Å²) < 4.78 is 66.1. The fourth-order valence-corrected chi connectivity index (χ4v) is 4.47. The highest BCUT2D eigenvalue weighted by Crippen LogP contribution is 2.42. The van der Waals surface area contributed by atoms with E-state index in [4.69, 9.17) is 5.14 Å². The summed E-state index contributed by atoms with van der Waals surface area (Å²) in [6.07, 6.45) is -5.18. The van der Waals surface area contributed by atoms with E-state index in [9.17, 15) is 21.6 Å². The van der Waals surface area contributed by atoms with E-state index in [2.05, 4.69) is 10.0 Å². The number of primary sulfonamides is 1. The Bertz CT molecular complexity index is 918. The Labute approximate surface area is 153 Å². The Morgan fingerprint density at radius 1 is 1.19 bits per heavy atom. The molecule has 2 aromatic carbocycles. The van der Waals surface area contributed by atoms with Gasteiger partial charge < -0.3 is 5.32 Å². The Kier molecular flexibility index (Phi) is 4.95. The monoisotopic (exact) mass is 403 g/mol. The molecule has 26 heavy (non-hydrogen) atoms. The molecule has 0 saturated carbocycles. The molecule has 1 aliphatic rings. The number of nitrogens with two attached hydrogens (primary N) is 1. The molecule has 0 bridgehead atoms. The molecule has 2 aromatic rings. The van der Waals surface area contributed by atoms with Crippen molar-refractivity contribution in [2.24, 2.45) is 5.14 Å². The van der Waals surface area contributed by atoms with Gasteiger partial charge in [0.1, 0.15) is 0 Å². The molecule has 0 fully saturated rings. The predicted octanol–water partition coefficient (Wildman–Crippen LogP) is 3.50. The molecule has 0 amide bonds. The minimum absolute atomic E-state index is 0.0379. The van der Waals surface area contributed by atoms with Gasteiger partial charge in [-0.15, -0.1) is 0 Å². The lowest BCUT2D eigenvalue weighted by molar-refractivity contribution is -0.139. The van der Waals surface area contributed by atoms with E-state index in [0.29, 0.717) is 4.90 Å². The maximum absolute atomic E-state index is 13.3. The summed E-state index contributed by atoms with van der Waals surface area (Å²) in [6.45, 7) is 1.94. The number of hydrogen-bond acceptors (Lipinski definition) is 5. The largest absolute Gasteiger partial charge is 0.417 e. The van der Waals surface area contributed by atoms with Gasteiger partial charge in [-0.25, -0.2) is 18.3 Å². The molecular formula is C16H16F3N3O2S2. The van der Waals surface area contributed by atoms with E-state index >= 15 is 0 Å². The number of hydrogen-bond donors (Lipinski definition) is 3. The summed E-state index contributed by atoms with van der Waals surface area (Å²) >= 11 is 1.07. The van der Waals surface area contributed by atoms with Gasteiger partial charge in [0.2, 0.25) is 10.0 Å². The van der Waals surface area contributed by atoms with Crippen molar-refractivity contribution < 1.29 is 21.6 Å². The first kappa shape index (κ1) is 19.0. The van der Waals surface area contributed by atoms with E-state index in [1.54, 1.807) is 0 Å². The summed E-state index contributed by atoms with van der Waals surface area (Å²) in [4.78, 5) is -0.604. The third kappa shape index (κ3) is 3.83. The summed E-state index contributed by atoms with van der Waals surface area (Å²) in [5.41, 5.74) is -0.0557. The zero-order chi connectivity index (χ0) is 19.1. The van der Waals surface area contributed by atoms with Gasteiger partial charge in [0.15, 0.2) is 0 Å². The van der Waals surface area contributed by atoms with Crippen molar-refractivity contribution in [2.45, 2.75) is 35.0 Å². The lowest BCUT2D eigenvalue weighted by atomic mass is 9.98. The molecule has 10 heteroatoms. The van der Waals surface area contributed by atoms with Crippen LogP contribution >= 0.6 is 11.9 Å². The molecule has 140 valence electrons. The average molecular weight is 403 g/mol. The van der Waals surface area contributed by atoms with Crippen LogP contribution in [-0.4, -0.2) is 14.6 Å². The molecule has 0 aromatic heterocycles. The van der Waals surface area contributed by atoms with Crippen molar-refractivity contribution in [2.75, 3.05) is 5.32 Å². The molecule has 0 radical (unpaired) electrons. The van der Waals surface area contributed by atoms with Crippen LogP contribution in [0, 0.1) is 0 Å². The first-order valence-corrected chi connectivity index (χ1v) is 9.95. The Morgan fingerprint density at radius 2 is 1.85 bits per heavy atom. The van der Waals surface area contributed by atoms with Crippen molar-refractivity contribution >= 4 is 27.7 Å². The van der Waals surface area contributed by atoms with Gasteiger partial charge in [-0.05, 0) is 29.6 Å². The van der Waals surface area contributed by atoms with Crippen molar-refractivity contribution in [3.8, 4) is 0 Å². The van der Waals surface area contributed by atoms with Crippen molar-refractivity contribution in [1.82, 2.24) is 4.72 Å². The second-order valence-electron chi connectivity index (χ2n) is 5.93. The fourth-order valence-electron chi connectivity index (χ4n) is 2.72. The van der Waals surface area contributed by atoms with Crippen LogP contribution in [0.15, 0.2) is 52.3 Å². The lowest BCUT2D eigenvalue weighted by Crippen LogP contribution is -2.39. The summed E-state index contributed by atoms with van der Waals surface area (Å²) in [6, 6.07) is 11.3. The van der Waals surface area contributed by atoms with Crippen LogP contribution in [0.4, 0.5) is 18.9 Å². The zero-order valence-electron chi connectivity index (χ0n) is 13.5. The number of anilines is 1. The maximum Gasteiger partial charge on any atom is 0.417 e. The highest BCUT2D eigenvalue weighted by Gasteiger charge is 2.38. The van der Waals surface area contributed by atoms with E-state index in [1.165, 1.54) is 0 Å². The van der Waals surface area contributed by atoms with E-state index in [1.807, 2.05) is 37.3 Å². The summed E-state index contributed by atoms with van der Waals surface area (Å²) in [5, 5.41) is 7.98. The molecular weight excluding hydrogens is 387 g/mol. The minimum Gasteiger partial charge on any atom is -0.368 e. The summed E-state index contributed by atoms with van der Waals surface area (Å²) in [5.74, 6) is -0.0379. The Hall–Kier alpha value is -1.75. The van der Waals surface area contributed by atoms with Crippen molar-refractivity contribution in [3.63, 3.8) is 0 Å². The first-order valence-electron chi connectivity index (χ1n) is 7.59. The number of nitrogens with one attached hydrogen (secondary N) is 2. The van der Waals surface area contributed by atoms with Crippen LogP contribution < -0.4 is 15.2 Å². The van der Waals surface area contributed by atoms with Gasteiger partial charge in [0, 0.05) is 10.8 Å². The fraction of sp³-hybridized carbons (Fsp3) is 0.250. The standard InChI is InChI=1S/C16H16F3N3O2S2/c1-9(10-5-3-2-4-6-10)15-21-12-7-11(16(17,18)19)14(26(20,23)24)8-13(12)25-22-15/h2-9,15,21-22H,1H3,(H2,20,23,24). The average Bonchev–Trinajstić information content (AvgIpc) is 2.58. The van der Waals surface area contributed by atoms with Gasteiger partial charge in [-0.1, -0.05) is 37.3 Å². The molecule has 1 aliphatic heterocycles. The van der Waals surface area contributed by atoms with Crippen LogP contribution in [0.3, 0.4) is 0 Å². The third-order valence-corrected chi connectivity index (χ3v) is 6.01. The molecule has 4 N–H and O–H groups in total. The SMILES string of the molecule is CC(c1ccccc1)C1NSc2cc(S(N)(=O)=O)c(C(F)(F)F)cc2N1. The molecule has 5 nitrogen and oxygen atoms in total. The Balaban J connectivity index is 1.99. The molecule has 2 unspecified atom stereocenters. The number of halogens is 3. The normalized spacial score (nSPS) is 18.7. The number of benzene rings is 2. The number of rotatable bonds is 3. The molecule has 0 saturated heterocycles. The van der Waals surface area contributed by atoms with Crippen LogP contribution in [0.5, 0.6) is 0 Å². The number of sulfonamides is 1. The summed E-state index contributed by atoms with van der Waals surface area (Å²) in [7, 11) is -4.51. The second-order valence-corrected chi connectivity index (χ2v) is 8.34. The molecule has 3 rings (SSSR count). The topological polar surface area (TPSA) is 84.2 Å². The van der Waals surface area contributed by atoms with Gasteiger partial charge in [-0.3, -0.25) is 0 Å². The quantitative estimate of drug-likeness (QED) is 0.683. The van der Waals surface area contributed by atoms with Crippen molar-refractivity contribution in [3.05, 3.63) is 53.6 Å². The van der Waals surface area contributed by atoms with Gasteiger partial charge >= 0.3 is 6.18 Å². The molecule has 2 atom stereocenters. The van der Waals surface area contributed by atoms with E-state index in [-0.39, 0.29) is 17.8 Å². The highest BCUT2D eigenvalue weighted by molar-refractivity contribution is 7.97. The number of alkyl halides is 3. The van der Waals surface area contributed by atoms with Gasteiger partial charge in [0.25, 0.3) is 0 Å².